The Hall–Kier alpha value is -0.860. The van der Waals surface area contributed by atoms with Crippen LogP contribution in [0.25, 0.3) is 0 Å². The molecule has 0 aliphatic carbocycles. The van der Waals surface area contributed by atoms with Crippen LogP contribution in [0.15, 0.2) is 11.6 Å². The molecule has 0 fully saturated rings. The maximum atomic E-state index is 13.1. The Kier molecular flexibility index (Phi) is 2.50. The summed E-state index contributed by atoms with van der Waals surface area (Å²) in [5, 5.41) is 2.58. The lowest BCUT2D eigenvalue weighted by Crippen LogP contribution is -2.44. The Labute approximate surface area is 71.8 Å². The molecule has 2 atom stereocenters. The zero-order chi connectivity index (χ0) is 9.30. The molecule has 2 unspecified atom stereocenters. The lowest BCUT2D eigenvalue weighted by molar-refractivity contribution is -0.119. The summed E-state index contributed by atoms with van der Waals surface area (Å²) in [6.45, 7) is 5.43. The number of hydrogen-bond acceptors (Lipinski definition) is 1. The molecule has 1 N–H and O–H groups in total. The molecular weight excluding hydrogens is 157 g/mol. The SMILES string of the molecule is CC(C)C1=CC(F)C(C)NC1=O. The summed E-state index contributed by atoms with van der Waals surface area (Å²) in [7, 11) is 0. The van der Waals surface area contributed by atoms with Crippen LogP contribution in [0.1, 0.15) is 20.8 Å². The summed E-state index contributed by atoms with van der Waals surface area (Å²) >= 11 is 0. The van der Waals surface area contributed by atoms with Crippen LogP contribution in [0.3, 0.4) is 0 Å². The van der Waals surface area contributed by atoms with E-state index in [-0.39, 0.29) is 17.9 Å². The Morgan fingerprint density at radius 1 is 1.58 bits per heavy atom. The first-order chi connectivity index (χ1) is 5.52. The van der Waals surface area contributed by atoms with Crippen LogP contribution >= 0.6 is 0 Å². The molecule has 1 rings (SSSR count). The fourth-order valence-electron chi connectivity index (χ4n) is 1.22. The van der Waals surface area contributed by atoms with E-state index in [9.17, 15) is 9.18 Å². The van der Waals surface area contributed by atoms with E-state index in [1.54, 1.807) is 6.92 Å². The summed E-state index contributed by atoms with van der Waals surface area (Å²) in [5.74, 6) is -0.0397. The van der Waals surface area contributed by atoms with Gasteiger partial charge in [0.15, 0.2) is 0 Å². The zero-order valence-corrected chi connectivity index (χ0v) is 7.60. The van der Waals surface area contributed by atoms with Crippen molar-refractivity contribution in [2.75, 3.05) is 0 Å². The van der Waals surface area contributed by atoms with E-state index in [1.165, 1.54) is 6.08 Å². The lowest BCUT2D eigenvalue weighted by Gasteiger charge is -2.24. The number of carbonyl (C=O) groups is 1. The van der Waals surface area contributed by atoms with E-state index in [2.05, 4.69) is 5.32 Å². The molecule has 0 radical (unpaired) electrons. The summed E-state index contributed by atoms with van der Waals surface area (Å²) in [4.78, 5) is 11.2. The number of alkyl halides is 1. The van der Waals surface area contributed by atoms with Crippen LogP contribution < -0.4 is 5.32 Å². The van der Waals surface area contributed by atoms with Crippen molar-refractivity contribution < 1.29 is 9.18 Å². The third kappa shape index (κ3) is 1.65. The van der Waals surface area contributed by atoms with E-state index in [0.717, 1.165) is 0 Å². The Morgan fingerprint density at radius 3 is 2.67 bits per heavy atom. The highest BCUT2D eigenvalue weighted by Crippen LogP contribution is 2.18. The number of carbonyl (C=O) groups excluding carboxylic acids is 1. The van der Waals surface area contributed by atoms with Crippen molar-refractivity contribution in [2.24, 2.45) is 5.92 Å². The average Bonchev–Trinajstić information content (AvgIpc) is 1.96. The second kappa shape index (κ2) is 3.25. The quantitative estimate of drug-likeness (QED) is 0.635. The highest BCUT2D eigenvalue weighted by molar-refractivity contribution is 5.95. The zero-order valence-electron chi connectivity index (χ0n) is 7.60. The predicted octanol–water partition coefficient (Wildman–Crippen LogP) is 1.43. The molecule has 1 aliphatic rings. The van der Waals surface area contributed by atoms with Crippen molar-refractivity contribution in [1.29, 1.82) is 0 Å². The van der Waals surface area contributed by atoms with Crippen molar-refractivity contribution in [1.82, 2.24) is 5.32 Å². The fourth-order valence-corrected chi connectivity index (χ4v) is 1.22. The first-order valence-electron chi connectivity index (χ1n) is 4.19. The summed E-state index contributed by atoms with van der Waals surface area (Å²) in [5.41, 5.74) is 0.556. The molecule has 1 aliphatic heterocycles. The maximum absolute atomic E-state index is 13.1. The molecule has 1 amide bonds. The van der Waals surface area contributed by atoms with Crippen LogP contribution in [0, 0.1) is 5.92 Å². The molecule has 0 saturated heterocycles. The van der Waals surface area contributed by atoms with Gasteiger partial charge in [0.1, 0.15) is 6.17 Å². The van der Waals surface area contributed by atoms with Crippen molar-refractivity contribution in [3.63, 3.8) is 0 Å². The Morgan fingerprint density at radius 2 is 2.17 bits per heavy atom. The van der Waals surface area contributed by atoms with Gasteiger partial charge in [0, 0.05) is 5.57 Å². The topological polar surface area (TPSA) is 29.1 Å². The van der Waals surface area contributed by atoms with Gasteiger partial charge in [-0.05, 0) is 18.9 Å². The van der Waals surface area contributed by atoms with Gasteiger partial charge in [-0.25, -0.2) is 4.39 Å². The van der Waals surface area contributed by atoms with E-state index in [1.807, 2.05) is 13.8 Å². The summed E-state index contributed by atoms with van der Waals surface area (Å²) in [6, 6.07) is -0.389. The highest BCUT2D eigenvalue weighted by atomic mass is 19.1. The van der Waals surface area contributed by atoms with Gasteiger partial charge in [0.05, 0.1) is 6.04 Å². The van der Waals surface area contributed by atoms with Crippen LogP contribution in [-0.2, 0) is 4.79 Å². The predicted molar refractivity (Wildman–Crippen MR) is 45.4 cm³/mol. The summed E-state index contributed by atoms with van der Waals surface area (Å²) in [6.07, 6.45) is 0.383. The smallest absolute Gasteiger partial charge is 0.247 e. The number of halogens is 1. The second-order valence-corrected chi connectivity index (χ2v) is 3.48. The van der Waals surface area contributed by atoms with Gasteiger partial charge < -0.3 is 5.32 Å². The van der Waals surface area contributed by atoms with Gasteiger partial charge in [-0.1, -0.05) is 13.8 Å². The number of rotatable bonds is 1. The van der Waals surface area contributed by atoms with Gasteiger partial charge in [0.2, 0.25) is 5.91 Å². The fraction of sp³-hybridized carbons (Fsp3) is 0.667. The Balaban J connectivity index is 2.86. The normalized spacial score (nSPS) is 30.1. The monoisotopic (exact) mass is 171 g/mol. The minimum atomic E-state index is -1.04. The molecule has 12 heavy (non-hydrogen) atoms. The molecule has 0 aromatic carbocycles. The highest BCUT2D eigenvalue weighted by Gasteiger charge is 2.26. The van der Waals surface area contributed by atoms with Gasteiger partial charge in [-0.15, -0.1) is 0 Å². The lowest BCUT2D eigenvalue weighted by atomic mass is 9.95. The van der Waals surface area contributed by atoms with Crippen molar-refractivity contribution >= 4 is 5.91 Å². The molecule has 2 nitrogen and oxygen atoms in total. The third-order valence-electron chi connectivity index (χ3n) is 2.06. The largest absolute Gasteiger partial charge is 0.347 e. The number of hydrogen-bond donors (Lipinski definition) is 1. The average molecular weight is 171 g/mol. The maximum Gasteiger partial charge on any atom is 0.247 e. The molecular formula is C9H14FNO. The van der Waals surface area contributed by atoms with Crippen LogP contribution in [0.4, 0.5) is 4.39 Å². The molecule has 0 bridgehead atoms. The van der Waals surface area contributed by atoms with Crippen LogP contribution in [0.2, 0.25) is 0 Å². The number of amides is 1. The molecule has 1 heterocycles. The standard InChI is InChI=1S/C9H14FNO/c1-5(2)7-4-8(10)6(3)11-9(7)12/h4-6,8H,1-3H3,(H,11,12). The third-order valence-corrected chi connectivity index (χ3v) is 2.06. The van der Waals surface area contributed by atoms with E-state index < -0.39 is 6.17 Å². The molecule has 0 aromatic rings. The first kappa shape index (κ1) is 9.23. The Bertz CT molecular complexity index is 223. The van der Waals surface area contributed by atoms with Gasteiger partial charge in [-0.3, -0.25) is 4.79 Å². The van der Waals surface area contributed by atoms with Crippen LogP contribution in [0.5, 0.6) is 0 Å². The summed E-state index contributed by atoms with van der Waals surface area (Å²) < 4.78 is 13.1. The van der Waals surface area contributed by atoms with Crippen molar-refractivity contribution in [3.05, 3.63) is 11.6 Å². The minimum Gasteiger partial charge on any atom is -0.347 e. The van der Waals surface area contributed by atoms with E-state index >= 15 is 0 Å². The molecule has 0 aromatic heterocycles. The molecule has 0 spiro atoms. The van der Waals surface area contributed by atoms with Crippen molar-refractivity contribution in [2.45, 2.75) is 33.0 Å². The first-order valence-corrected chi connectivity index (χ1v) is 4.19. The molecule has 0 saturated carbocycles. The number of nitrogens with one attached hydrogen (secondary N) is 1. The van der Waals surface area contributed by atoms with Crippen molar-refractivity contribution in [3.8, 4) is 0 Å². The second-order valence-electron chi connectivity index (χ2n) is 3.48. The van der Waals surface area contributed by atoms with Gasteiger partial charge in [0.25, 0.3) is 0 Å². The van der Waals surface area contributed by atoms with E-state index in [4.69, 9.17) is 0 Å². The van der Waals surface area contributed by atoms with Gasteiger partial charge in [-0.2, -0.15) is 0 Å². The van der Waals surface area contributed by atoms with Gasteiger partial charge >= 0.3 is 0 Å². The van der Waals surface area contributed by atoms with E-state index in [0.29, 0.717) is 5.57 Å². The minimum absolute atomic E-state index is 0.0933. The molecule has 68 valence electrons. The van der Waals surface area contributed by atoms with Crippen LogP contribution in [-0.4, -0.2) is 18.1 Å². The molecule has 3 heteroatoms.